The molecular formula is C11H21NO2. The van der Waals surface area contributed by atoms with Crippen molar-refractivity contribution in [3.05, 3.63) is 0 Å². The van der Waals surface area contributed by atoms with Crippen LogP contribution < -0.4 is 0 Å². The summed E-state index contributed by atoms with van der Waals surface area (Å²) in [5.41, 5.74) is -0.848. The van der Waals surface area contributed by atoms with Crippen LogP contribution in [0.15, 0.2) is 0 Å². The zero-order chi connectivity index (χ0) is 11.0. The molecular weight excluding hydrogens is 178 g/mol. The van der Waals surface area contributed by atoms with E-state index in [1.165, 1.54) is 12.8 Å². The van der Waals surface area contributed by atoms with Gasteiger partial charge in [-0.15, -0.1) is 0 Å². The number of nitrogens with zero attached hydrogens (tertiary/aromatic N) is 1. The summed E-state index contributed by atoms with van der Waals surface area (Å²) in [5.74, 6) is 0. The predicted octanol–water partition coefficient (Wildman–Crippen LogP) is 3.21. The minimum atomic E-state index is -0.848. The van der Waals surface area contributed by atoms with Crippen molar-refractivity contribution < 1.29 is 9.78 Å². The van der Waals surface area contributed by atoms with Crippen molar-refractivity contribution in [1.29, 1.82) is 5.26 Å². The average molecular weight is 199 g/mol. The van der Waals surface area contributed by atoms with E-state index in [4.69, 9.17) is 15.0 Å². The molecule has 1 unspecified atom stereocenters. The molecule has 82 valence electrons. The van der Waals surface area contributed by atoms with E-state index in [1.807, 2.05) is 13.0 Å². The second-order valence-electron chi connectivity index (χ2n) is 4.11. The Hall–Kier alpha value is -0.590. The Morgan fingerprint density at radius 3 is 2.50 bits per heavy atom. The van der Waals surface area contributed by atoms with E-state index in [1.54, 1.807) is 13.8 Å². The molecule has 0 saturated heterocycles. The van der Waals surface area contributed by atoms with Gasteiger partial charge in [0.15, 0.2) is 5.60 Å². The Labute approximate surface area is 86.9 Å². The second-order valence-corrected chi connectivity index (χ2v) is 4.11. The smallest absolute Gasteiger partial charge is 0.183 e. The molecule has 3 nitrogen and oxygen atoms in total. The standard InChI is InChI=1S/C11H21NO2/c1-5-6-7-8-10(2)13-14-11(3,4)9-12/h10H,5-8H2,1-4H3. The van der Waals surface area contributed by atoms with Gasteiger partial charge < -0.3 is 0 Å². The van der Waals surface area contributed by atoms with Crippen LogP contribution in [0.3, 0.4) is 0 Å². The number of rotatable bonds is 7. The van der Waals surface area contributed by atoms with Gasteiger partial charge in [0.1, 0.15) is 6.07 Å². The summed E-state index contributed by atoms with van der Waals surface area (Å²) < 4.78 is 0. The zero-order valence-electron chi connectivity index (χ0n) is 9.67. The molecule has 3 heteroatoms. The van der Waals surface area contributed by atoms with Crippen LogP contribution >= 0.6 is 0 Å². The molecule has 0 spiro atoms. The zero-order valence-corrected chi connectivity index (χ0v) is 9.67. The summed E-state index contributed by atoms with van der Waals surface area (Å²) in [5, 5.41) is 8.67. The highest BCUT2D eigenvalue weighted by atomic mass is 17.2. The summed E-state index contributed by atoms with van der Waals surface area (Å²) in [6, 6.07) is 2.02. The lowest BCUT2D eigenvalue weighted by Crippen LogP contribution is -2.24. The van der Waals surface area contributed by atoms with Crippen LogP contribution in [0.4, 0.5) is 0 Å². The van der Waals surface area contributed by atoms with Crippen molar-refractivity contribution in [1.82, 2.24) is 0 Å². The molecule has 0 fully saturated rings. The van der Waals surface area contributed by atoms with Gasteiger partial charge in [-0.3, -0.25) is 0 Å². The molecule has 0 radical (unpaired) electrons. The maximum absolute atomic E-state index is 8.67. The van der Waals surface area contributed by atoms with Crippen molar-refractivity contribution in [2.45, 2.75) is 65.1 Å². The molecule has 0 rings (SSSR count). The van der Waals surface area contributed by atoms with E-state index in [0.717, 1.165) is 12.8 Å². The summed E-state index contributed by atoms with van der Waals surface area (Å²) in [6.45, 7) is 7.50. The normalized spacial score (nSPS) is 13.6. The maximum Gasteiger partial charge on any atom is 0.183 e. The van der Waals surface area contributed by atoms with E-state index in [0.29, 0.717) is 0 Å². The highest BCUT2D eigenvalue weighted by Crippen LogP contribution is 2.12. The van der Waals surface area contributed by atoms with E-state index >= 15 is 0 Å². The molecule has 0 aliphatic rings. The number of unbranched alkanes of at least 4 members (excludes halogenated alkanes) is 2. The van der Waals surface area contributed by atoms with E-state index < -0.39 is 5.60 Å². The van der Waals surface area contributed by atoms with Crippen LogP contribution in [0.1, 0.15) is 53.4 Å². The van der Waals surface area contributed by atoms with E-state index in [9.17, 15) is 0 Å². The third kappa shape index (κ3) is 6.88. The first kappa shape index (κ1) is 13.4. The summed E-state index contributed by atoms with van der Waals surface area (Å²) in [7, 11) is 0. The fourth-order valence-corrected chi connectivity index (χ4v) is 0.951. The Kier molecular flexibility index (Phi) is 6.52. The molecule has 0 aromatic rings. The van der Waals surface area contributed by atoms with Crippen LogP contribution in [0.2, 0.25) is 0 Å². The topological polar surface area (TPSA) is 42.2 Å². The molecule has 0 amide bonds. The molecule has 0 bridgehead atoms. The Morgan fingerprint density at radius 1 is 1.36 bits per heavy atom. The van der Waals surface area contributed by atoms with Gasteiger partial charge in [-0.2, -0.15) is 5.26 Å². The van der Waals surface area contributed by atoms with Crippen molar-refractivity contribution in [2.75, 3.05) is 0 Å². The Balaban J connectivity index is 3.54. The maximum atomic E-state index is 8.67. The molecule has 0 aromatic carbocycles. The highest BCUT2D eigenvalue weighted by molar-refractivity contribution is 4.92. The lowest BCUT2D eigenvalue weighted by molar-refractivity contribution is -0.361. The summed E-state index contributed by atoms with van der Waals surface area (Å²) in [4.78, 5) is 10.1. The molecule has 0 aromatic heterocycles. The lowest BCUT2D eigenvalue weighted by Gasteiger charge is -2.18. The Morgan fingerprint density at radius 2 is 2.00 bits per heavy atom. The molecule has 14 heavy (non-hydrogen) atoms. The van der Waals surface area contributed by atoms with E-state index in [-0.39, 0.29) is 6.10 Å². The monoisotopic (exact) mass is 199 g/mol. The molecule has 0 aliphatic heterocycles. The van der Waals surface area contributed by atoms with Crippen molar-refractivity contribution >= 4 is 0 Å². The minimum absolute atomic E-state index is 0.0641. The molecule has 0 heterocycles. The van der Waals surface area contributed by atoms with Crippen molar-refractivity contribution in [3.8, 4) is 6.07 Å². The third-order valence-electron chi connectivity index (χ3n) is 1.90. The van der Waals surface area contributed by atoms with Gasteiger partial charge in [-0.25, -0.2) is 9.78 Å². The van der Waals surface area contributed by atoms with Gasteiger partial charge in [0.2, 0.25) is 0 Å². The van der Waals surface area contributed by atoms with Crippen LogP contribution in [0, 0.1) is 11.3 Å². The van der Waals surface area contributed by atoms with Crippen LogP contribution in [0.25, 0.3) is 0 Å². The van der Waals surface area contributed by atoms with Gasteiger partial charge in [0.05, 0.1) is 6.10 Å². The number of nitriles is 1. The minimum Gasteiger partial charge on any atom is -0.232 e. The van der Waals surface area contributed by atoms with Crippen molar-refractivity contribution in [2.24, 2.45) is 0 Å². The first-order chi connectivity index (χ1) is 6.52. The first-order valence-electron chi connectivity index (χ1n) is 5.27. The molecule has 1 atom stereocenters. The quantitative estimate of drug-likeness (QED) is 0.359. The number of hydrogen-bond donors (Lipinski definition) is 0. The third-order valence-corrected chi connectivity index (χ3v) is 1.90. The SMILES string of the molecule is CCCCCC(C)OOC(C)(C)C#N. The summed E-state index contributed by atoms with van der Waals surface area (Å²) in [6.07, 6.45) is 4.62. The largest absolute Gasteiger partial charge is 0.232 e. The van der Waals surface area contributed by atoms with Crippen LogP contribution in [-0.2, 0) is 9.78 Å². The molecule has 0 N–H and O–H groups in total. The van der Waals surface area contributed by atoms with E-state index in [2.05, 4.69) is 6.92 Å². The van der Waals surface area contributed by atoms with Gasteiger partial charge >= 0.3 is 0 Å². The lowest BCUT2D eigenvalue weighted by atomic mass is 10.1. The Bertz CT molecular complexity index is 184. The molecule has 0 saturated carbocycles. The highest BCUT2D eigenvalue weighted by Gasteiger charge is 2.19. The average Bonchev–Trinajstić information content (AvgIpc) is 2.16. The van der Waals surface area contributed by atoms with Crippen LogP contribution in [0.5, 0.6) is 0 Å². The predicted molar refractivity (Wildman–Crippen MR) is 55.5 cm³/mol. The second kappa shape index (κ2) is 6.80. The fraction of sp³-hybridized carbons (Fsp3) is 0.909. The van der Waals surface area contributed by atoms with Gasteiger partial charge in [-0.05, 0) is 27.2 Å². The summed E-state index contributed by atoms with van der Waals surface area (Å²) >= 11 is 0. The number of hydrogen-bond acceptors (Lipinski definition) is 3. The van der Waals surface area contributed by atoms with Crippen LogP contribution in [-0.4, -0.2) is 11.7 Å². The van der Waals surface area contributed by atoms with Gasteiger partial charge in [0.25, 0.3) is 0 Å². The fourth-order valence-electron chi connectivity index (χ4n) is 0.951. The first-order valence-corrected chi connectivity index (χ1v) is 5.27. The van der Waals surface area contributed by atoms with Crippen molar-refractivity contribution in [3.63, 3.8) is 0 Å². The molecule has 0 aliphatic carbocycles. The van der Waals surface area contributed by atoms with Gasteiger partial charge in [-0.1, -0.05) is 26.2 Å². The van der Waals surface area contributed by atoms with Gasteiger partial charge in [0, 0.05) is 0 Å².